The van der Waals surface area contributed by atoms with Crippen LogP contribution in [0.1, 0.15) is 34.5 Å². The van der Waals surface area contributed by atoms with E-state index < -0.39 is 15.8 Å². The van der Waals surface area contributed by atoms with Crippen LogP contribution in [0.2, 0.25) is 0 Å². The lowest BCUT2D eigenvalue weighted by Gasteiger charge is -2.37. The zero-order chi connectivity index (χ0) is 23.6. The third kappa shape index (κ3) is 5.23. The number of halogens is 1. The zero-order valence-electron chi connectivity index (χ0n) is 18.4. The van der Waals surface area contributed by atoms with Crippen LogP contribution in [-0.4, -0.2) is 38.4 Å². The van der Waals surface area contributed by atoms with Gasteiger partial charge in [0.1, 0.15) is 11.9 Å². The summed E-state index contributed by atoms with van der Waals surface area (Å²) in [6.45, 7) is 4.35. The number of carbonyl (C=O) groups is 1. The van der Waals surface area contributed by atoms with Crippen LogP contribution in [0.15, 0.2) is 77.7 Å². The molecule has 2 atom stereocenters. The first-order valence-electron chi connectivity index (χ1n) is 10.6. The summed E-state index contributed by atoms with van der Waals surface area (Å²) in [5, 5.41) is 0. The third-order valence-corrected chi connectivity index (χ3v) is 6.92. The smallest absolute Gasteiger partial charge is 0.261 e. The molecule has 0 bridgehead atoms. The van der Waals surface area contributed by atoms with Gasteiger partial charge in [-0.15, -0.1) is 0 Å². The van der Waals surface area contributed by atoms with E-state index in [4.69, 9.17) is 4.74 Å². The fraction of sp³-hybridized carbons (Fsp3) is 0.240. The minimum absolute atomic E-state index is 0.0317. The number of anilines is 1. The largest absolute Gasteiger partial charge is 0.367 e. The Bertz CT molecular complexity index is 1250. The summed E-state index contributed by atoms with van der Waals surface area (Å²) in [6.07, 6.45) is -0.317. The molecule has 1 aliphatic rings. The fourth-order valence-electron chi connectivity index (χ4n) is 3.83. The molecule has 172 valence electrons. The van der Waals surface area contributed by atoms with Gasteiger partial charge in [-0.05, 0) is 67.4 Å². The second-order valence-corrected chi connectivity index (χ2v) is 9.83. The number of nitrogens with zero attached hydrogens (tertiary/aromatic N) is 1. The Hall–Kier alpha value is -3.23. The second-order valence-electron chi connectivity index (χ2n) is 8.15. The van der Waals surface area contributed by atoms with Crippen molar-refractivity contribution in [1.82, 2.24) is 4.90 Å². The fourth-order valence-corrected chi connectivity index (χ4v) is 4.97. The Balaban J connectivity index is 1.47. The van der Waals surface area contributed by atoms with Crippen LogP contribution in [0.5, 0.6) is 0 Å². The summed E-state index contributed by atoms with van der Waals surface area (Å²) < 4.78 is 47.2. The lowest BCUT2D eigenvalue weighted by Crippen LogP contribution is -2.45. The summed E-state index contributed by atoms with van der Waals surface area (Å²) in [5.41, 5.74) is 2.03. The second kappa shape index (κ2) is 9.33. The lowest BCUT2D eigenvalue weighted by atomic mass is 10.1. The molecule has 0 spiro atoms. The molecule has 1 fully saturated rings. The highest BCUT2D eigenvalue weighted by Crippen LogP contribution is 2.26. The topological polar surface area (TPSA) is 75.7 Å². The molecular weight excluding hydrogens is 443 g/mol. The molecule has 3 aromatic rings. The van der Waals surface area contributed by atoms with Gasteiger partial charge < -0.3 is 9.64 Å². The van der Waals surface area contributed by atoms with Crippen molar-refractivity contribution in [3.05, 3.63) is 95.3 Å². The number of ether oxygens (including phenoxy) is 1. The van der Waals surface area contributed by atoms with Crippen LogP contribution < -0.4 is 4.72 Å². The van der Waals surface area contributed by atoms with Gasteiger partial charge in [0.25, 0.3) is 15.9 Å². The van der Waals surface area contributed by atoms with Crippen molar-refractivity contribution >= 4 is 21.6 Å². The Morgan fingerprint density at radius 1 is 1.03 bits per heavy atom. The summed E-state index contributed by atoms with van der Waals surface area (Å²) in [4.78, 5) is 14.8. The van der Waals surface area contributed by atoms with Crippen LogP contribution in [0.3, 0.4) is 0 Å². The minimum Gasteiger partial charge on any atom is -0.367 e. The molecule has 0 aromatic heterocycles. The number of aryl methyl sites for hydroxylation is 1. The minimum atomic E-state index is -3.88. The molecule has 1 saturated heterocycles. The van der Waals surface area contributed by atoms with E-state index in [9.17, 15) is 17.6 Å². The number of sulfonamides is 1. The van der Waals surface area contributed by atoms with E-state index in [0.717, 1.165) is 11.6 Å². The monoisotopic (exact) mass is 468 g/mol. The van der Waals surface area contributed by atoms with Gasteiger partial charge in [0, 0.05) is 17.8 Å². The number of carbonyl (C=O) groups excluding carboxylic acids is 1. The SMILES string of the molecule is Cc1cc(S(=O)(=O)Nc2ccc(C(=O)N3CC(C)OC(c4ccccc4)C3)cc2)ccc1F. The summed E-state index contributed by atoms with van der Waals surface area (Å²) in [6, 6.07) is 19.7. The van der Waals surface area contributed by atoms with Crippen LogP contribution in [0.4, 0.5) is 10.1 Å². The number of morpholine rings is 1. The molecule has 0 saturated carbocycles. The number of nitrogens with one attached hydrogen (secondary N) is 1. The van der Waals surface area contributed by atoms with Crippen LogP contribution in [0, 0.1) is 12.7 Å². The van der Waals surface area contributed by atoms with E-state index in [1.54, 1.807) is 29.2 Å². The van der Waals surface area contributed by atoms with Gasteiger partial charge in [-0.2, -0.15) is 0 Å². The van der Waals surface area contributed by atoms with Crippen LogP contribution in [-0.2, 0) is 14.8 Å². The highest BCUT2D eigenvalue weighted by atomic mass is 32.2. The average Bonchev–Trinajstić information content (AvgIpc) is 2.81. The van der Waals surface area contributed by atoms with Gasteiger partial charge in [0.15, 0.2) is 0 Å². The Labute approximate surface area is 193 Å². The van der Waals surface area contributed by atoms with Gasteiger partial charge in [0.05, 0.1) is 17.5 Å². The van der Waals surface area contributed by atoms with Crippen LogP contribution >= 0.6 is 0 Å². The first kappa shape index (κ1) is 22.9. The molecule has 33 heavy (non-hydrogen) atoms. The van der Waals surface area contributed by atoms with Gasteiger partial charge in [-0.1, -0.05) is 30.3 Å². The summed E-state index contributed by atoms with van der Waals surface area (Å²) in [5.74, 6) is -0.613. The van der Waals surface area contributed by atoms with Gasteiger partial charge >= 0.3 is 0 Å². The first-order valence-corrected chi connectivity index (χ1v) is 12.1. The molecule has 1 heterocycles. The van der Waals surface area contributed by atoms with E-state index >= 15 is 0 Å². The molecule has 1 N–H and O–H groups in total. The normalized spacial score (nSPS) is 18.7. The van der Waals surface area contributed by atoms with Crippen molar-refractivity contribution in [3.63, 3.8) is 0 Å². The Kier molecular flexibility index (Phi) is 6.49. The van der Waals surface area contributed by atoms with Gasteiger partial charge in [-0.3, -0.25) is 9.52 Å². The molecule has 1 aliphatic heterocycles. The maximum Gasteiger partial charge on any atom is 0.261 e. The van der Waals surface area contributed by atoms with Crippen molar-refractivity contribution in [3.8, 4) is 0 Å². The van der Waals surface area contributed by atoms with Gasteiger partial charge in [-0.25, -0.2) is 12.8 Å². The van der Waals surface area contributed by atoms with Gasteiger partial charge in [0.2, 0.25) is 0 Å². The van der Waals surface area contributed by atoms with E-state index in [1.807, 2.05) is 37.3 Å². The van der Waals surface area contributed by atoms with Crippen molar-refractivity contribution < 1.29 is 22.3 Å². The highest BCUT2D eigenvalue weighted by molar-refractivity contribution is 7.92. The highest BCUT2D eigenvalue weighted by Gasteiger charge is 2.30. The summed E-state index contributed by atoms with van der Waals surface area (Å²) >= 11 is 0. The molecular formula is C25H25FN2O4S. The number of rotatable bonds is 5. The quantitative estimate of drug-likeness (QED) is 0.597. The first-order chi connectivity index (χ1) is 15.7. The van der Waals surface area contributed by atoms with Crippen molar-refractivity contribution in [1.29, 1.82) is 0 Å². The van der Waals surface area contributed by atoms with E-state index in [-0.39, 0.29) is 28.6 Å². The Morgan fingerprint density at radius 2 is 1.73 bits per heavy atom. The zero-order valence-corrected chi connectivity index (χ0v) is 19.2. The molecule has 0 aliphatic carbocycles. The van der Waals surface area contributed by atoms with Crippen molar-refractivity contribution in [2.45, 2.75) is 31.0 Å². The number of hydrogen-bond acceptors (Lipinski definition) is 4. The average molecular weight is 469 g/mol. The van der Waals surface area contributed by atoms with Crippen LogP contribution in [0.25, 0.3) is 0 Å². The predicted octanol–water partition coefficient (Wildman–Crippen LogP) is 4.54. The number of benzene rings is 3. The maximum absolute atomic E-state index is 13.5. The molecule has 4 rings (SSSR count). The van der Waals surface area contributed by atoms with E-state index in [0.29, 0.717) is 24.3 Å². The molecule has 0 radical (unpaired) electrons. The molecule has 1 amide bonds. The number of hydrogen-bond donors (Lipinski definition) is 1. The third-order valence-electron chi connectivity index (χ3n) is 5.54. The van der Waals surface area contributed by atoms with E-state index in [2.05, 4.69) is 4.72 Å². The molecule has 3 aromatic carbocycles. The summed E-state index contributed by atoms with van der Waals surface area (Å²) in [7, 11) is -3.88. The maximum atomic E-state index is 13.5. The standard InChI is InChI=1S/C25H25FN2O4S/c1-17-14-22(12-13-23(17)26)33(30,31)27-21-10-8-20(9-11-21)25(29)28-15-18(2)32-24(16-28)19-6-4-3-5-7-19/h3-14,18,24,27H,15-16H2,1-2H3. The lowest BCUT2D eigenvalue weighted by molar-refractivity contribution is -0.0691. The molecule has 8 heteroatoms. The van der Waals surface area contributed by atoms with E-state index in [1.165, 1.54) is 19.1 Å². The Morgan fingerprint density at radius 3 is 2.39 bits per heavy atom. The number of amides is 1. The van der Waals surface area contributed by atoms with Crippen molar-refractivity contribution in [2.24, 2.45) is 0 Å². The molecule has 2 unspecified atom stereocenters. The van der Waals surface area contributed by atoms with Crippen molar-refractivity contribution in [2.75, 3.05) is 17.8 Å². The predicted molar refractivity (Wildman–Crippen MR) is 124 cm³/mol. The molecule has 6 nitrogen and oxygen atoms in total.